The smallest absolute Gasteiger partial charge is 0.255 e. The van der Waals surface area contributed by atoms with Gasteiger partial charge < -0.3 is 10.6 Å². The molecule has 138 valence electrons. The molecule has 4 rings (SSSR count). The van der Waals surface area contributed by atoms with E-state index in [1.807, 2.05) is 74.5 Å². The summed E-state index contributed by atoms with van der Waals surface area (Å²) in [5.41, 5.74) is 3.89. The highest BCUT2D eigenvalue weighted by Gasteiger charge is 2.10. The highest BCUT2D eigenvalue weighted by Crippen LogP contribution is 2.24. The first-order valence-electron chi connectivity index (χ1n) is 9.07. The number of nitrogens with one attached hydrogen (secondary N) is 2. The third-order valence-electron chi connectivity index (χ3n) is 4.40. The number of amides is 1. The maximum atomic E-state index is 12.8. The van der Waals surface area contributed by atoms with Gasteiger partial charge in [0.05, 0.1) is 0 Å². The van der Waals surface area contributed by atoms with Crippen molar-refractivity contribution >= 4 is 34.0 Å². The van der Waals surface area contributed by atoms with Crippen molar-refractivity contribution in [2.45, 2.75) is 13.8 Å². The van der Waals surface area contributed by atoms with Crippen LogP contribution in [0.1, 0.15) is 21.7 Å². The average Bonchev–Trinajstić information content (AvgIpc) is 2.68. The van der Waals surface area contributed by atoms with E-state index in [4.69, 9.17) is 0 Å². The fraction of sp³-hybridized carbons (Fsp3) is 0.0870. The van der Waals surface area contributed by atoms with Crippen LogP contribution in [0.25, 0.3) is 10.8 Å². The monoisotopic (exact) mass is 368 g/mol. The molecule has 0 spiro atoms. The lowest BCUT2D eigenvalue weighted by atomic mass is 10.1. The van der Waals surface area contributed by atoms with Crippen molar-refractivity contribution in [3.63, 3.8) is 0 Å². The molecule has 0 bridgehead atoms. The molecule has 4 aromatic rings. The van der Waals surface area contributed by atoms with Crippen molar-refractivity contribution < 1.29 is 4.79 Å². The van der Waals surface area contributed by atoms with Gasteiger partial charge in [0.2, 0.25) is 5.95 Å². The first kappa shape index (κ1) is 17.7. The van der Waals surface area contributed by atoms with Gasteiger partial charge in [-0.05, 0) is 49.6 Å². The second-order valence-electron chi connectivity index (χ2n) is 6.66. The van der Waals surface area contributed by atoms with Crippen LogP contribution in [0.2, 0.25) is 0 Å². The Bertz CT molecular complexity index is 1140. The number of nitrogens with zero attached hydrogens (tertiary/aromatic N) is 2. The zero-order valence-electron chi connectivity index (χ0n) is 15.7. The molecule has 0 saturated carbocycles. The Balaban J connectivity index is 1.57. The Morgan fingerprint density at radius 2 is 1.54 bits per heavy atom. The molecule has 0 aliphatic carbocycles. The van der Waals surface area contributed by atoms with Crippen LogP contribution in [0, 0.1) is 13.8 Å². The molecule has 2 N–H and O–H groups in total. The Hall–Kier alpha value is -3.73. The van der Waals surface area contributed by atoms with E-state index in [0.29, 0.717) is 11.5 Å². The molecule has 5 nitrogen and oxygen atoms in total. The SMILES string of the molecule is Cc1cc(C)nc(Nc2cccc(C(=O)Nc3cccc4ccccc34)c2)n1. The number of fused-ring (bicyclic) bond motifs is 1. The fourth-order valence-electron chi connectivity index (χ4n) is 3.18. The summed E-state index contributed by atoms with van der Waals surface area (Å²) in [5, 5.41) is 8.28. The summed E-state index contributed by atoms with van der Waals surface area (Å²) in [6.07, 6.45) is 0. The van der Waals surface area contributed by atoms with Gasteiger partial charge in [-0.15, -0.1) is 0 Å². The van der Waals surface area contributed by atoms with E-state index < -0.39 is 0 Å². The quantitative estimate of drug-likeness (QED) is 0.517. The second-order valence-corrected chi connectivity index (χ2v) is 6.66. The number of hydrogen-bond acceptors (Lipinski definition) is 4. The number of anilines is 3. The molecular formula is C23H20N4O. The normalized spacial score (nSPS) is 10.6. The van der Waals surface area contributed by atoms with E-state index in [2.05, 4.69) is 20.6 Å². The van der Waals surface area contributed by atoms with Gasteiger partial charge in [0.15, 0.2) is 0 Å². The third kappa shape index (κ3) is 3.83. The van der Waals surface area contributed by atoms with E-state index in [0.717, 1.165) is 33.5 Å². The molecule has 1 heterocycles. The van der Waals surface area contributed by atoms with Crippen LogP contribution < -0.4 is 10.6 Å². The molecule has 28 heavy (non-hydrogen) atoms. The molecule has 0 fully saturated rings. The molecule has 0 atom stereocenters. The molecule has 0 aliphatic heterocycles. The van der Waals surface area contributed by atoms with Gasteiger partial charge in [-0.25, -0.2) is 9.97 Å². The summed E-state index contributed by atoms with van der Waals surface area (Å²) in [4.78, 5) is 21.6. The molecule has 1 amide bonds. The van der Waals surface area contributed by atoms with Crippen molar-refractivity contribution in [1.82, 2.24) is 9.97 Å². The van der Waals surface area contributed by atoms with Crippen LogP contribution in [0.4, 0.5) is 17.3 Å². The minimum absolute atomic E-state index is 0.165. The standard InChI is InChI=1S/C23H20N4O/c1-15-13-16(2)25-23(24-15)26-19-10-5-9-18(14-19)22(28)27-21-12-6-8-17-7-3-4-11-20(17)21/h3-14H,1-2H3,(H,27,28)(H,24,25,26). The fourth-order valence-corrected chi connectivity index (χ4v) is 3.18. The van der Waals surface area contributed by atoms with Gasteiger partial charge in [-0.3, -0.25) is 4.79 Å². The van der Waals surface area contributed by atoms with Gasteiger partial charge in [0, 0.05) is 33.7 Å². The van der Waals surface area contributed by atoms with Gasteiger partial charge in [-0.1, -0.05) is 42.5 Å². The number of hydrogen-bond donors (Lipinski definition) is 2. The van der Waals surface area contributed by atoms with E-state index in [1.165, 1.54) is 0 Å². The molecule has 1 aromatic heterocycles. The molecule has 3 aromatic carbocycles. The third-order valence-corrected chi connectivity index (χ3v) is 4.40. The Labute approximate surface area is 163 Å². The van der Waals surface area contributed by atoms with Crippen LogP contribution in [-0.2, 0) is 0 Å². The van der Waals surface area contributed by atoms with Gasteiger partial charge in [0.25, 0.3) is 5.91 Å². The minimum Gasteiger partial charge on any atom is -0.324 e. The summed E-state index contributed by atoms with van der Waals surface area (Å²) in [6, 6.07) is 23.1. The second kappa shape index (κ2) is 7.48. The van der Waals surface area contributed by atoms with E-state index in [9.17, 15) is 4.79 Å². The number of aryl methyl sites for hydroxylation is 2. The first-order chi connectivity index (χ1) is 13.6. The molecular weight excluding hydrogens is 348 g/mol. The van der Waals surface area contributed by atoms with Crippen LogP contribution >= 0.6 is 0 Å². The number of rotatable bonds is 4. The van der Waals surface area contributed by atoms with Crippen LogP contribution in [0.3, 0.4) is 0 Å². The van der Waals surface area contributed by atoms with Crippen molar-refractivity contribution in [3.8, 4) is 0 Å². The zero-order valence-corrected chi connectivity index (χ0v) is 15.7. The van der Waals surface area contributed by atoms with Crippen molar-refractivity contribution in [2.75, 3.05) is 10.6 Å². The van der Waals surface area contributed by atoms with Gasteiger partial charge in [0.1, 0.15) is 0 Å². The first-order valence-corrected chi connectivity index (χ1v) is 9.07. The number of aromatic nitrogens is 2. The summed E-state index contributed by atoms with van der Waals surface area (Å²) < 4.78 is 0. The molecule has 5 heteroatoms. The van der Waals surface area contributed by atoms with Crippen LogP contribution in [0.5, 0.6) is 0 Å². The molecule has 0 saturated heterocycles. The van der Waals surface area contributed by atoms with E-state index in [-0.39, 0.29) is 5.91 Å². The maximum absolute atomic E-state index is 12.8. The van der Waals surface area contributed by atoms with Crippen molar-refractivity contribution in [1.29, 1.82) is 0 Å². The van der Waals surface area contributed by atoms with Crippen molar-refractivity contribution in [2.24, 2.45) is 0 Å². The average molecular weight is 368 g/mol. The molecule has 0 unspecified atom stereocenters. The van der Waals surface area contributed by atoms with Crippen LogP contribution in [-0.4, -0.2) is 15.9 Å². The summed E-state index contributed by atoms with van der Waals surface area (Å²) in [7, 11) is 0. The largest absolute Gasteiger partial charge is 0.324 e. The topological polar surface area (TPSA) is 66.9 Å². The van der Waals surface area contributed by atoms with Gasteiger partial charge >= 0.3 is 0 Å². The van der Waals surface area contributed by atoms with Gasteiger partial charge in [-0.2, -0.15) is 0 Å². The van der Waals surface area contributed by atoms with Crippen molar-refractivity contribution in [3.05, 3.63) is 89.7 Å². The number of carbonyl (C=O) groups is 1. The highest BCUT2D eigenvalue weighted by atomic mass is 16.1. The lowest BCUT2D eigenvalue weighted by molar-refractivity contribution is 0.102. The Morgan fingerprint density at radius 3 is 2.36 bits per heavy atom. The maximum Gasteiger partial charge on any atom is 0.255 e. The Kier molecular flexibility index (Phi) is 4.72. The van der Waals surface area contributed by atoms with E-state index in [1.54, 1.807) is 12.1 Å². The van der Waals surface area contributed by atoms with Crippen LogP contribution in [0.15, 0.2) is 72.8 Å². The van der Waals surface area contributed by atoms with E-state index >= 15 is 0 Å². The molecule has 0 radical (unpaired) electrons. The predicted molar refractivity (Wildman–Crippen MR) is 113 cm³/mol. The lowest BCUT2D eigenvalue weighted by Gasteiger charge is -2.11. The summed E-state index contributed by atoms with van der Waals surface area (Å²) in [6.45, 7) is 3.85. The highest BCUT2D eigenvalue weighted by molar-refractivity contribution is 6.09. The summed E-state index contributed by atoms with van der Waals surface area (Å²) >= 11 is 0. The lowest BCUT2D eigenvalue weighted by Crippen LogP contribution is -2.12. The molecule has 0 aliphatic rings. The zero-order chi connectivity index (χ0) is 19.5. The Morgan fingerprint density at radius 1 is 0.821 bits per heavy atom. The minimum atomic E-state index is -0.165. The number of benzene rings is 3. The predicted octanol–water partition coefficient (Wildman–Crippen LogP) is 5.24. The number of carbonyl (C=O) groups excluding carboxylic acids is 1. The summed E-state index contributed by atoms with van der Waals surface area (Å²) in [5.74, 6) is 0.352.